The first kappa shape index (κ1) is 14.0. The standard InChI is InChI=1S/C15H25NO/c1-12(2)13-7-6-8-14(11-13)16-10-9-15(3,4)17-5/h6-8,11-12,16H,9-10H2,1-5H3. The molecule has 0 radical (unpaired) electrons. The van der Waals surface area contributed by atoms with Crippen LogP contribution in [0.1, 0.15) is 45.6 Å². The van der Waals surface area contributed by atoms with Crippen LogP contribution in [0.3, 0.4) is 0 Å². The SMILES string of the molecule is COC(C)(C)CCNc1cccc(C(C)C)c1. The molecule has 0 aromatic heterocycles. The van der Waals surface area contributed by atoms with Gasteiger partial charge in [0.15, 0.2) is 0 Å². The molecule has 1 aromatic rings. The van der Waals surface area contributed by atoms with E-state index < -0.39 is 0 Å². The molecule has 0 heterocycles. The molecule has 0 aliphatic carbocycles. The molecule has 0 fully saturated rings. The molecule has 0 saturated carbocycles. The van der Waals surface area contributed by atoms with Gasteiger partial charge in [-0.1, -0.05) is 26.0 Å². The Balaban J connectivity index is 2.50. The van der Waals surface area contributed by atoms with Crippen LogP contribution in [0.4, 0.5) is 5.69 Å². The van der Waals surface area contributed by atoms with Crippen molar-refractivity contribution in [1.29, 1.82) is 0 Å². The number of methoxy groups -OCH3 is 1. The van der Waals surface area contributed by atoms with Crippen molar-refractivity contribution in [2.45, 2.75) is 45.6 Å². The third-order valence-corrected chi connectivity index (χ3v) is 3.16. The lowest BCUT2D eigenvalue weighted by Crippen LogP contribution is -2.25. The van der Waals surface area contributed by atoms with Gasteiger partial charge in [0, 0.05) is 19.3 Å². The van der Waals surface area contributed by atoms with E-state index in [0.29, 0.717) is 5.92 Å². The zero-order chi connectivity index (χ0) is 12.9. The van der Waals surface area contributed by atoms with E-state index in [4.69, 9.17) is 4.74 Å². The molecule has 1 aromatic carbocycles. The van der Waals surface area contributed by atoms with Crippen LogP contribution in [0.2, 0.25) is 0 Å². The van der Waals surface area contributed by atoms with E-state index >= 15 is 0 Å². The monoisotopic (exact) mass is 235 g/mol. The highest BCUT2D eigenvalue weighted by atomic mass is 16.5. The predicted octanol–water partition coefficient (Wildman–Crippen LogP) is 4.04. The second kappa shape index (κ2) is 6.06. The summed E-state index contributed by atoms with van der Waals surface area (Å²) >= 11 is 0. The minimum absolute atomic E-state index is 0.0529. The van der Waals surface area contributed by atoms with Gasteiger partial charge in [0.2, 0.25) is 0 Å². The van der Waals surface area contributed by atoms with Gasteiger partial charge in [-0.05, 0) is 43.9 Å². The number of nitrogens with one attached hydrogen (secondary N) is 1. The Bertz CT molecular complexity index is 345. The van der Waals surface area contributed by atoms with Crippen molar-refractivity contribution in [3.63, 3.8) is 0 Å². The number of anilines is 1. The summed E-state index contributed by atoms with van der Waals surface area (Å²) in [5, 5.41) is 3.45. The number of ether oxygens (including phenoxy) is 1. The van der Waals surface area contributed by atoms with Crippen molar-refractivity contribution in [1.82, 2.24) is 0 Å². The van der Waals surface area contributed by atoms with Crippen molar-refractivity contribution in [3.8, 4) is 0 Å². The van der Waals surface area contributed by atoms with E-state index in [2.05, 4.69) is 57.3 Å². The largest absolute Gasteiger partial charge is 0.385 e. The number of benzene rings is 1. The Morgan fingerprint density at radius 2 is 2.00 bits per heavy atom. The highest BCUT2D eigenvalue weighted by molar-refractivity contribution is 5.46. The molecule has 0 atom stereocenters. The zero-order valence-corrected chi connectivity index (χ0v) is 11.7. The molecular weight excluding hydrogens is 210 g/mol. The Hall–Kier alpha value is -1.02. The van der Waals surface area contributed by atoms with Crippen molar-refractivity contribution >= 4 is 5.69 Å². The van der Waals surface area contributed by atoms with Gasteiger partial charge in [-0.15, -0.1) is 0 Å². The number of rotatable bonds is 6. The van der Waals surface area contributed by atoms with E-state index in [1.807, 2.05) is 0 Å². The number of hydrogen-bond acceptors (Lipinski definition) is 2. The normalized spacial score (nSPS) is 11.9. The van der Waals surface area contributed by atoms with Crippen LogP contribution >= 0.6 is 0 Å². The van der Waals surface area contributed by atoms with Crippen LogP contribution in [0.15, 0.2) is 24.3 Å². The van der Waals surface area contributed by atoms with Gasteiger partial charge in [0.05, 0.1) is 5.60 Å². The van der Waals surface area contributed by atoms with E-state index in [-0.39, 0.29) is 5.60 Å². The van der Waals surface area contributed by atoms with E-state index in [1.165, 1.54) is 11.3 Å². The molecular formula is C15H25NO. The fraction of sp³-hybridized carbons (Fsp3) is 0.600. The Kier molecular flexibility index (Phi) is 5.01. The highest BCUT2D eigenvalue weighted by Crippen LogP contribution is 2.19. The number of hydrogen-bond donors (Lipinski definition) is 1. The summed E-state index contributed by atoms with van der Waals surface area (Å²) in [6, 6.07) is 8.63. The van der Waals surface area contributed by atoms with Crippen LogP contribution in [-0.4, -0.2) is 19.3 Å². The Morgan fingerprint density at radius 3 is 2.59 bits per heavy atom. The van der Waals surface area contributed by atoms with Crippen LogP contribution in [0, 0.1) is 0 Å². The molecule has 96 valence electrons. The molecule has 0 spiro atoms. The third kappa shape index (κ3) is 4.78. The molecule has 0 aliphatic heterocycles. The summed E-state index contributed by atoms with van der Waals surface area (Å²) in [4.78, 5) is 0. The molecule has 2 nitrogen and oxygen atoms in total. The molecule has 1 N–H and O–H groups in total. The average Bonchev–Trinajstić information content (AvgIpc) is 2.29. The van der Waals surface area contributed by atoms with Crippen LogP contribution in [0.25, 0.3) is 0 Å². The Labute approximate surface area is 105 Å². The quantitative estimate of drug-likeness (QED) is 0.803. The molecule has 0 bridgehead atoms. The topological polar surface area (TPSA) is 21.3 Å². The lowest BCUT2D eigenvalue weighted by Gasteiger charge is -2.23. The maximum atomic E-state index is 5.40. The summed E-state index contributed by atoms with van der Waals surface area (Å²) in [7, 11) is 1.76. The van der Waals surface area contributed by atoms with Crippen molar-refractivity contribution in [2.24, 2.45) is 0 Å². The second-order valence-corrected chi connectivity index (χ2v) is 5.42. The Morgan fingerprint density at radius 1 is 1.29 bits per heavy atom. The fourth-order valence-electron chi connectivity index (χ4n) is 1.62. The molecule has 0 aliphatic rings. The van der Waals surface area contributed by atoms with Gasteiger partial charge < -0.3 is 10.1 Å². The van der Waals surface area contributed by atoms with Gasteiger partial charge in [-0.3, -0.25) is 0 Å². The zero-order valence-electron chi connectivity index (χ0n) is 11.7. The van der Waals surface area contributed by atoms with E-state index in [1.54, 1.807) is 7.11 Å². The van der Waals surface area contributed by atoms with Gasteiger partial charge >= 0.3 is 0 Å². The smallest absolute Gasteiger partial charge is 0.0639 e. The minimum atomic E-state index is -0.0529. The molecule has 2 heteroatoms. The van der Waals surface area contributed by atoms with Gasteiger partial charge in [-0.25, -0.2) is 0 Å². The van der Waals surface area contributed by atoms with Gasteiger partial charge in [0.25, 0.3) is 0 Å². The molecule has 0 amide bonds. The van der Waals surface area contributed by atoms with E-state index in [9.17, 15) is 0 Å². The molecule has 0 saturated heterocycles. The minimum Gasteiger partial charge on any atom is -0.385 e. The summed E-state index contributed by atoms with van der Waals surface area (Å²) in [5.74, 6) is 0.576. The van der Waals surface area contributed by atoms with Gasteiger partial charge in [0.1, 0.15) is 0 Å². The maximum Gasteiger partial charge on any atom is 0.0639 e. The van der Waals surface area contributed by atoms with Crippen molar-refractivity contribution < 1.29 is 4.74 Å². The van der Waals surface area contributed by atoms with Crippen molar-refractivity contribution in [2.75, 3.05) is 19.0 Å². The van der Waals surface area contributed by atoms with E-state index in [0.717, 1.165) is 13.0 Å². The molecule has 17 heavy (non-hydrogen) atoms. The lowest BCUT2D eigenvalue weighted by molar-refractivity contribution is 0.0185. The first-order valence-corrected chi connectivity index (χ1v) is 6.33. The summed E-state index contributed by atoms with van der Waals surface area (Å²) < 4.78 is 5.40. The van der Waals surface area contributed by atoms with Crippen LogP contribution in [-0.2, 0) is 4.74 Å². The average molecular weight is 235 g/mol. The first-order valence-electron chi connectivity index (χ1n) is 6.33. The summed E-state index contributed by atoms with van der Waals surface area (Å²) in [5.41, 5.74) is 2.52. The maximum absolute atomic E-state index is 5.40. The van der Waals surface area contributed by atoms with Crippen LogP contribution < -0.4 is 5.32 Å². The summed E-state index contributed by atoms with van der Waals surface area (Å²) in [6.07, 6.45) is 0.995. The second-order valence-electron chi connectivity index (χ2n) is 5.42. The summed E-state index contributed by atoms with van der Waals surface area (Å²) in [6.45, 7) is 9.58. The molecule has 0 unspecified atom stereocenters. The predicted molar refractivity (Wildman–Crippen MR) is 74.7 cm³/mol. The van der Waals surface area contributed by atoms with Gasteiger partial charge in [-0.2, -0.15) is 0 Å². The third-order valence-electron chi connectivity index (χ3n) is 3.16. The highest BCUT2D eigenvalue weighted by Gasteiger charge is 2.15. The van der Waals surface area contributed by atoms with Crippen molar-refractivity contribution in [3.05, 3.63) is 29.8 Å². The fourth-order valence-corrected chi connectivity index (χ4v) is 1.62. The van der Waals surface area contributed by atoms with Crippen LogP contribution in [0.5, 0.6) is 0 Å². The molecule has 1 rings (SSSR count). The first-order chi connectivity index (χ1) is 7.94. The lowest BCUT2D eigenvalue weighted by atomic mass is 10.0.